The smallest absolute Gasteiger partial charge is 0.308 e. The number of hydrogen-bond donors (Lipinski definition) is 2. The number of nitrogens with one attached hydrogen (secondary N) is 2. The molecule has 1 aromatic carbocycles. The van der Waals surface area contributed by atoms with E-state index < -0.39 is 5.97 Å². The zero-order valence-electron chi connectivity index (χ0n) is 15.9. The number of rotatable bonds is 8. The van der Waals surface area contributed by atoms with Gasteiger partial charge in [0.15, 0.2) is 6.61 Å². The molecule has 0 unspecified atom stereocenters. The number of carbonyl (C=O) groups excluding carboxylic acids is 2. The first-order valence-electron chi connectivity index (χ1n) is 9.33. The van der Waals surface area contributed by atoms with E-state index in [1.165, 1.54) is 6.42 Å². The fourth-order valence-corrected chi connectivity index (χ4v) is 3.34. The van der Waals surface area contributed by atoms with Crippen LogP contribution in [0.2, 0.25) is 0 Å². The van der Waals surface area contributed by atoms with Crippen molar-refractivity contribution in [1.29, 1.82) is 0 Å². The number of hydrogen-bond acceptors (Lipinski definition) is 5. The lowest BCUT2D eigenvalue weighted by molar-refractivity contribution is -0.148. The van der Waals surface area contributed by atoms with Gasteiger partial charge in [-0.05, 0) is 30.4 Å². The molecule has 1 amide bonds. The van der Waals surface area contributed by atoms with Crippen molar-refractivity contribution in [2.24, 2.45) is 11.8 Å². The third-order valence-electron chi connectivity index (χ3n) is 5.17. The molecule has 1 fully saturated rings. The second kappa shape index (κ2) is 10.0. The molecule has 6 heteroatoms. The Hall–Kier alpha value is -2.24. The fraction of sp³-hybridized carbons (Fsp3) is 0.600. The zero-order chi connectivity index (χ0) is 18.9. The lowest BCUT2D eigenvalue weighted by atomic mass is 9.78. The summed E-state index contributed by atoms with van der Waals surface area (Å²) in [6.45, 7) is 4.59. The number of amides is 1. The number of carbonyl (C=O) groups is 2. The maximum absolute atomic E-state index is 12.0. The van der Waals surface area contributed by atoms with Gasteiger partial charge >= 0.3 is 5.97 Å². The van der Waals surface area contributed by atoms with Gasteiger partial charge in [-0.15, -0.1) is 0 Å². The van der Waals surface area contributed by atoms with Gasteiger partial charge in [-0.3, -0.25) is 9.59 Å². The number of para-hydroxylation sites is 2. The molecular formula is C20H30N2O4. The van der Waals surface area contributed by atoms with Crippen molar-refractivity contribution in [2.45, 2.75) is 45.6 Å². The average Bonchev–Trinajstić information content (AvgIpc) is 2.64. The summed E-state index contributed by atoms with van der Waals surface area (Å²) in [4.78, 5) is 23.9. The van der Waals surface area contributed by atoms with Crippen LogP contribution in [0.25, 0.3) is 0 Å². The van der Waals surface area contributed by atoms with Crippen molar-refractivity contribution in [3.8, 4) is 5.75 Å². The van der Waals surface area contributed by atoms with Crippen molar-refractivity contribution in [2.75, 3.05) is 25.6 Å². The molecule has 26 heavy (non-hydrogen) atoms. The topological polar surface area (TPSA) is 76.7 Å². The Kier molecular flexibility index (Phi) is 7.75. The first-order valence-corrected chi connectivity index (χ1v) is 9.33. The highest BCUT2D eigenvalue weighted by atomic mass is 16.5. The Morgan fingerprint density at radius 1 is 1.19 bits per heavy atom. The van der Waals surface area contributed by atoms with Crippen molar-refractivity contribution < 1.29 is 19.1 Å². The quantitative estimate of drug-likeness (QED) is 0.695. The third-order valence-corrected chi connectivity index (χ3v) is 5.17. The lowest BCUT2D eigenvalue weighted by Crippen LogP contribution is -2.45. The molecule has 2 N–H and O–H groups in total. The number of anilines is 1. The second-order valence-corrected chi connectivity index (χ2v) is 6.98. The van der Waals surface area contributed by atoms with Crippen LogP contribution in [-0.4, -0.2) is 38.2 Å². The Morgan fingerprint density at radius 3 is 2.73 bits per heavy atom. The molecule has 2 rings (SSSR count). The largest absolute Gasteiger partial charge is 0.495 e. The monoisotopic (exact) mass is 362 g/mol. The average molecular weight is 362 g/mol. The summed E-state index contributed by atoms with van der Waals surface area (Å²) in [7, 11) is 1.60. The summed E-state index contributed by atoms with van der Waals surface area (Å²) >= 11 is 0. The molecule has 6 nitrogen and oxygen atoms in total. The Labute approximate surface area is 155 Å². The molecule has 0 aromatic heterocycles. The highest BCUT2D eigenvalue weighted by Gasteiger charge is 2.28. The Bertz CT molecular complexity index is 605. The molecule has 0 saturated heterocycles. The van der Waals surface area contributed by atoms with E-state index in [0.29, 0.717) is 18.4 Å². The van der Waals surface area contributed by atoms with E-state index in [4.69, 9.17) is 9.47 Å². The van der Waals surface area contributed by atoms with E-state index in [-0.39, 0.29) is 25.0 Å². The third kappa shape index (κ3) is 5.93. The van der Waals surface area contributed by atoms with Crippen LogP contribution in [-0.2, 0) is 14.3 Å². The van der Waals surface area contributed by atoms with Crippen LogP contribution in [0.1, 0.15) is 39.5 Å². The molecule has 1 aromatic rings. The molecule has 1 saturated carbocycles. The van der Waals surface area contributed by atoms with Crippen LogP contribution in [0.4, 0.5) is 5.69 Å². The van der Waals surface area contributed by atoms with Gasteiger partial charge in [-0.1, -0.05) is 38.8 Å². The molecule has 1 aliphatic carbocycles. The van der Waals surface area contributed by atoms with Crippen molar-refractivity contribution in [3.05, 3.63) is 24.3 Å². The Balaban J connectivity index is 1.66. The number of ether oxygens (including phenoxy) is 2. The van der Waals surface area contributed by atoms with Crippen LogP contribution >= 0.6 is 0 Å². The maximum atomic E-state index is 12.0. The molecule has 0 bridgehead atoms. The summed E-state index contributed by atoms with van der Waals surface area (Å²) in [6, 6.07) is 7.67. The van der Waals surface area contributed by atoms with Crippen LogP contribution in [0.3, 0.4) is 0 Å². The van der Waals surface area contributed by atoms with E-state index in [1.807, 2.05) is 24.3 Å². The number of benzene rings is 1. The van der Waals surface area contributed by atoms with Crippen LogP contribution in [0.15, 0.2) is 24.3 Å². The van der Waals surface area contributed by atoms with Crippen molar-refractivity contribution >= 4 is 17.6 Å². The van der Waals surface area contributed by atoms with Crippen LogP contribution in [0, 0.1) is 11.8 Å². The molecule has 3 atom stereocenters. The lowest BCUT2D eigenvalue weighted by Gasteiger charge is -2.34. The first kappa shape index (κ1) is 20.1. The number of esters is 1. The van der Waals surface area contributed by atoms with Crippen LogP contribution in [0.5, 0.6) is 5.75 Å². The molecule has 144 valence electrons. The van der Waals surface area contributed by atoms with Gasteiger partial charge in [0.2, 0.25) is 0 Å². The molecule has 0 aliphatic heterocycles. The van der Waals surface area contributed by atoms with Crippen LogP contribution < -0.4 is 15.4 Å². The minimum Gasteiger partial charge on any atom is -0.495 e. The molecule has 0 radical (unpaired) electrons. The van der Waals surface area contributed by atoms with Gasteiger partial charge in [0.1, 0.15) is 5.75 Å². The predicted molar refractivity (Wildman–Crippen MR) is 101 cm³/mol. The minimum atomic E-state index is -0.396. The van der Waals surface area contributed by atoms with Crippen molar-refractivity contribution in [3.63, 3.8) is 0 Å². The summed E-state index contributed by atoms with van der Waals surface area (Å²) < 4.78 is 10.3. The highest BCUT2D eigenvalue weighted by Crippen LogP contribution is 2.29. The van der Waals surface area contributed by atoms with E-state index in [1.54, 1.807) is 7.11 Å². The molecular weight excluding hydrogens is 332 g/mol. The molecule has 0 spiro atoms. The number of methoxy groups -OCH3 is 1. The van der Waals surface area contributed by atoms with Crippen molar-refractivity contribution in [1.82, 2.24) is 5.32 Å². The summed E-state index contributed by atoms with van der Waals surface area (Å²) in [5.74, 6) is 1.16. The van der Waals surface area contributed by atoms with E-state index in [9.17, 15) is 9.59 Å². The minimum absolute atomic E-state index is 0.178. The Morgan fingerprint density at radius 2 is 1.96 bits per heavy atom. The zero-order valence-corrected chi connectivity index (χ0v) is 15.9. The van der Waals surface area contributed by atoms with Gasteiger partial charge in [0.05, 0.1) is 19.2 Å². The fourth-order valence-electron chi connectivity index (χ4n) is 3.34. The summed E-state index contributed by atoms with van der Waals surface area (Å²) in [5.41, 5.74) is 0.820. The maximum Gasteiger partial charge on any atom is 0.308 e. The van der Waals surface area contributed by atoms with Gasteiger partial charge < -0.3 is 20.1 Å². The first-order chi connectivity index (χ1) is 12.5. The standard InChI is InChI=1S/C20H30N2O4/c1-14-7-6-9-16(15(14)2)22-19(23)13-26-20(24)11-12-21-17-8-4-5-10-18(17)25-3/h4-5,8,10,14-16,21H,6-7,9,11-13H2,1-3H3,(H,22,23)/t14-,15-,16-/m0/s1. The van der Waals surface area contributed by atoms with E-state index in [0.717, 1.165) is 24.3 Å². The normalized spacial score (nSPS) is 22.3. The van der Waals surface area contributed by atoms with E-state index in [2.05, 4.69) is 24.5 Å². The van der Waals surface area contributed by atoms with Gasteiger partial charge in [0, 0.05) is 12.6 Å². The summed E-state index contributed by atoms with van der Waals surface area (Å²) in [5, 5.41) is 6.14. The van der Waals surface area contributed by atoms with E-state index >= 15 is 0 Å². The van der Waals surface area contributed by atoms with Gasteiger partial charge in [-0.2, -0.15) is 0 Å². The summed E-state index contributed by atoms with van der Waals surface area (Å²) in [6.07, 6.45) is 3.52. The SMILES string of the molecule is COc1ccccc1NCCC(=O)OCC(=O)N[C@H]1CCC[C@H](C)[C@@H]1C. The second-order valence-electron chi connectivity index (χ2n) is 6.98. The molecule has 0 heterocycles. The van der Waals surface area contributed by atoms with Gasteiger partial charge in [-0.25, -0.2) is 0 Å². The van der Waals surface area contributed by atoms with Gasteiger partial charge in [0.25, 0.3) is 5.91 Å². The predicted octanol–water partition coefficient (Wildman–Crippen LogP) is 2.98. The highest BCUT2D eigenvalue weighted by molar-refractivity contribution is 5.80. The molecule has 1 aliphatic rings.